The van der Waals surface area contributed by atoms with E-state index in [0.29, 0.717) is 0 Å². The minimum atomic E-state index is -3.80. The Labute approximate surface area is 63.4 Å². The standard InChI is InChI=1S/Na.H2O2.2O.Ti/c;1-2;;;/h;1-2H;;;/q+1;;;-1;+1/p-1. The second kappa shape index (κ2) is 6.39. The van der Waals surface area contributed by atoms with Crippen molar-refractivity contribution in [3.8, 4) is 0 Å². The first-order valence-electron chi connectivity index (χ1n) is 0.795. The van der Waals surface area contributed by atoms with Gasteiger partial charge < -0.3 is 0 Å². The fraction of sp³-hybridized carbons (Fsp3) is 0. The zero-order chi connectivity index (χ0) is 4.28. The third-order valence-corrected chi connectivity index (χ3v) is 0.307. The van der Waals surface area contributed by atoms with E-state index in [1.165, 1.54) is 0 Å². The molecule has 0 rings (SSSR count). The van der Waals surface area contributed by atoms with E-state index in [4.69, 9.17) is 12.3 Å². The molecule has 0 amide bonds. The first kappa shape index (κ1) is 10.4. The summed E-state index contributed by atoms with van der Waals surface area (Å²) in [6.07, 6.45) is 0. The van der Waals surface area contributed by atoms with Gasteiger partial charge in [-0.05, 0) is 0 Å². The van der Waals surface area contributed by atoms with Crippen molar-refractivity contribution < 1.29 is 63.9 Å². The molecule has 0 aliphatic rings. The number of hydrogen-bond acceptors (Lipinski definition) is 4. The Bertz CT molecular complexity index is 42.8. The summed E-state index contributed by atoms with van der Waals surface area (Å²) in [6.45, 7) is 0. The van der Waals surface area contributed by atoms with Crippen LogP contribution in [-0.2, 0) is 25.4 Å². The van der Waals surface area contributed by atoms with Gasteiger partial charge in [0.2, 0.25) is 0 Å². The normalized spacial score (nSPS) is 6.33. The van der Waals surface area contributed by atoms with Crippen LogP contribution in [0.4, 0.5) is 0 Å². The first-order chi connectivity index (χ1) is 2.27. The van der Waals surface area contributed by atoms with Gasteiger partial charge in [-0.3, -0.25) is 0 Å². The number of rotatable bonds is 1. The van der Waals surface area contributed by atoms with Crippen molar-refractivity contribution >= 4 is 0 Å². The van der Waals surface area contributed by atoms with Crippen LogP contribution < -0.4 is 33.2 Å². The SMILES string of the molecule is [Na+].[O]=[Ti]([O-])[O]O. The molecule has 0 spiro atoms. The van der Waals surface area contributed by atoms with E-state index >= 15 is 0 Å². The molecule has 0 fully saturated rings. The molecule has 0 heterocycles. The van der Waals surface area contributed by atoms with Crippen LogP contribution in [0.5, 0.6) is 0 Å². The second-order valence-corrected chi connectivity index (χ2v) is 1.41. The molecular weight excluding hydrogens is 135 g/mol. The first-order valence-corrected chi connectivity index (χ1v) is 2.71. The summed E-state index contributed by atoms with van der Waals surface area (Å²) < 4.78 is 20.9. The van der Waals surface area contributed by atoms with Gasteiger partial charge >= 0.3 is 63.9 Å². The molecule has 6 heavy (non-hydrogen) atoms. The molecule has 0 aliphatic heterocycles. The topological polar surface area (TPSA) is 69.6 Å². The van der Waals surface area contributed by atoms with Crippen LogP contribution in [0.25, 0.3) is 0 Å². The predicted molar refractivity (Wildman–Crippen MR) is 4.40 cm³/mol. The molecule has 30 valence electrons. The zero-order valence-corrected chi connectivity index (χ0v) is 6.73. The van der Waals surface area contributed by atoms with Crippen molar-refractivity contribution in [1.82, 2.24) is 0 Å². The van der Waals surface area contributed by atoms with Crippen molar-refractivity contribution in [3.05, 3.63) is 0 Å². The Morgan fingerprint density at radius 3 is 2.00 bits per heavy atom. The van der Waals surface area contributed by atoms with Crippen LogP contribution in [0.1, 0.15) is 0 Å². The molecule has 6 heteroatoms. The Kier molecular flexibility index (Phi) is 11.1. The molecule has 0 saturated carbocycles. The van der Waals surface area contributed by atoms with Crippen molar-refractivity contribution in [1.29, 1.82) is 0 Å². The summed E-state index contributed by atoms with van der Waals surface area (Å²) >= 11 is -3.80. The molecule has 0 atom stereocenters. The Morgan fingerprint density at radius 1 is 1.83 bits per heavy atom. The van der Waals surface area contributed by atoms with Gasteiger partial charge in [0.25, 0.3) is 0 Å². The average molecular weight is 136 g/mol. The molecule has 0 aliphatic carbocycles. The summed E-state index contributed by atoms with van der Waals surface area (Å²) in [6, 6.07) is 0. The zero-order valence-electron chi connectivity index (χ0n) is 3.17. The molecule has 4 nitrogen and oxygen atoms in total. The average Bonchev–Trinajstić information content (AvgIpc) is 1.38. The van der Waals surface area contributed by atoms with Gasteiger partial charge in [-0.25, -0.2) is 0 Å². The third kappa shape index (κ3) is 9.04. The van der Waals surface area contributed by atoms with Gasteiger partial charge in [-0.15, -0.1) is 0 Å². The molecular formula is HNaO4Ti. The van der Waals surface area contributed by atoms with Crippen LogP contribution in [-0.4, -0.2) is 5.26 Å². The van der Waals surface area contributed by atoms with E-state index in [9.17, 15) is 0 Å². The molecule has 0 bridgehead atoms. The summed E-state index contributed by atoms with van der Waals surface area (Å²) in [5.74, 6) is 0. The van der Waals surface area contributed by atoms with Crippen LogP contribution in [0.2, 0.25) is 0 Å². The molecule has 0 aromatic carbocycles. The maximum absolute atomic E-state index is 9.03. The van der Waals surface area contributed by atoms with Crippen LogP contribution in [0, 0.1) is 0 Å². The van der Waals surface area contributed by atoms with E-state index in [1.807, 2.05) is 0 Å². The second-order valence-electron chi connectivity index (χ2n) is 0.341. The number of hydrogen-bond donors (Lipinski definition) is 1. The fourth-order valence-corrected chi connectivity index (χ4v) is 0. The predicted octanol–water partition coefficient (Wildman–Crippen LogP) is -4.37. The fourth-order valence-electron chi connectivity index (χ4n) is 0. The summed E-state index contributed by atoms with van der Waals surface area (Å²) in [4.78, 5) is 0. The van der Waals surface area contributed by atoms with Crippen LogP contribution in [0.3, 0.4) is 0 Å². The Balaban J connectivity index is 0. The monoisotopic (exact) mass is 136 g/mol. The molecule has 0 aromatic heterocycles. The van der Waals surface area contributed by atoms with Crippen molar-refractivity contribution in [2.75, 3.05) is 0 Å². The third-order valence-electron chi connectivity index (χ3n) is 0.0745. The molecule has 0 saturated heterocycles. The molecule has 1 N–H and O–H groups in total. The summed E-state index contributed by atoms with van der Waals surface area (Å²) in [7, 11) is 0. The van der Waals surface area contributed by atoms with E-state index in [0.717, 1.165) is 0 Å². The van der Waals surface area contributed by atoms with E-state index in [2.05, 4.69) is 3.47 Å². The van der Waals surface area contributed by atoms with Crippen molar-refractivity contribution in [2.45, 2.75) is 0 Å². The minimum absolute atomic E-state index is 0. The van der Waals surface area contributed by atoms with E-state index < -0.39 is 18.6 Å². The Hall–Kier alpha value is 1.39. The van der Waals surface area contributed by atoms with Gasteiger partial charge in [0.05, 0.1) is 0 Å². The van der Waals surface area contributed by atoms with Crippen molar-refractivity contribution in [2.24, 2.45) is 0 Å². The van der Waals surface area contributed by atoms with E-state index in [1.54, 1.807) is 0 Å². The van der Waals surface area contributed by atoms with Gasteiger partial charge in [0.15, 0.2) is 0 Å². The summed E-state index contributed by atoms with van der Waals surface area (Å²) in [5, 5.41) is 7.09. The Morgan fingerprint density at radius 2 is 2.00 bits per heavy atom. The maximum atomic E-state index is 9.03. The van der Waals surface area contributed by atoms with E-state index in [-0.39, 0.29) is 29.6 Å². The molecule has 0 aromatic rings. The van der Waals surface area contributed by atoms with Gasteiger partial charge in [0, 0.05) is 0 Å². The van der Waals surface area contributed by atoms with Gasteiger partial charge in [0.1, 0.15) is 0 Å². The van der Waals surface area contributed by atoms with Gasteiger partial charge in [-0.2, -0.15) is 0 Å². The quantitative estimate of drug-likeness (QED) is 0.224. The van der Waals surface area contributed by atoms with Gasteiger partial charge in [-0.1, -0.05) is 0 Å². The molecule has 0 unspecified atom stereocenters. The van der Waals surface area contributed by atoms with Crippen LogP contribution >= 0.6 is 0 Å². The van der Waals surface area contributed by atoms with Crippen LogP contribution in [0.15, 0.2) is 0 Å². The summed E-state index contributed by atoms with van der Waals surface area (Å²) in [5.41, 5.74) is 0. The molecule has 0 radical (unpaired) electrons. The van der Waals surface area contributed by atoms with Crippen molar-refractivity contribution in [3.63, 3.8) is 0 Å².